The fourth-order valence-corrected chi connectivity index (χ4v) is 6.12. The van der Waals surface area contributed by atoms with Gasteiger partial charge in [-0.25, -0.2) is 0 Å². The molecule has 3 amide bonds. The van der Waals surface area contributed by atoms with Gasteiger partial charge in [0.15, 0.2) is 0 Å². The minimum absolute atomic E-state index is 0.0844. The van der Waals surface area contributed by atoms with Crippen LogP contribution in [0.1, 0.15) is 74.7 Å². The first-order valence-corrected chi connectivity index (χ1v) is 12.7. The van der Waals surface area contributed by atoms with Crippen LogP contribution in [-0.4, -0.2) is 61.9 Å². The third-order valence-corrected chi connectivity index (χ3v) is 8.08. The van der Waals surface area contributed by atoms with Crippen molar-refractivity contribution in [1.82, 2.24) is 9.80 Å². The Morgan fingerprint density at radius 1 is 0.892 bits per heavy atom. The number of carbonyl (C=O) groups excluding carboxylic acids is 3. The van der Waals surface area contributed by atoms with Gasteiger partial charge in [-0.3, -0.25) is 24.1 Å². The van der Waals surface area contributed by atoms with E-state index in [0.29, 0.717) is 53.6 Å². The SMILES string of the molecule is O=C(O)[C@H]1CCCC[C@H]1C(=O)N1CCc2cc(CO)c(CO)cc2[C@H]1CN1C(=O)c2ccccc2C1=O. The Balaban J connectivity index is 1.55. The number of fused-ring (bicyclic) bond motifs is 2. The molecule has 0 bridgehead atoms. The van der Waals surface area contributed by atoms with E-state index in [1.807, 2.05) is 0 Å². The first-order valence-electron chi connectivity index (χ1n) is 12.7. The number of carboxylic acid groups (broad SMARTS) is 1. The van der Waals surface area contributed by atoms with Gasteiger partial charge in [-0.2, -0.15) is 0 Å². The summed E-state index contributed by atoms with van der Waals surface area (Å²) in [6.45, 7) is -0.359. The number of hydrogen-bond donors (Lipinski definition) is 3. The summed E-state index contributed by atoms with van der Waals surface area (Å²) in [6, 6.07) is 9.43. The lowest BCUT2D eigenvalue weighted by atomic mass is 9.77. The fraction of sp³-hybridized carbons (Fsp3) is 0.429. The highest BCUT2D eigenvalue weighted by Crippen LogP contribution is 2.39. The van der Waals surface area contributed by atoms with Gasteiger partial charge in [-0.05, 0) is 53.6 Å². The minimum Gasteiger partial charge on any atom is -0.481 e. The second-order valence-corrected chi connectivity index (χ2v) is 10.0. The molecule has 3 N–H and O–H groups in total. The van der Waals surface area contributed by atoms with Gasteiger partial charge >= 0.3 is 5.97 Å². The highest BCUT2D eigenvalue weighted by atomic mass is 16.4. The number of rotatable bonds is 6. The standard InChI is InChI=1S/C28H30N2O7/c31-14-17-11-16-9-10-29(25(33)21-7-3-4-8-22(21)28(36)37)24(23(16)12-18(17)15-32)13-30-26(34)19-5-1-2-6-20(19)27(30)35/h1-2,5-6,11-12,21-22,24,31-32H,3-4,7-10,13-15H2,(H,36,37)/t21-,22+,24-/m1/s1. The summed E-state index contributed by atoms with van der Waals surface area (Å²) in [5.41, 5.74) is 3.27. The molecule has 1 fully saturated rings. The lowest BCUT2D eigenvalue weighted by molar-refractivity contribution is -0.153. The highest BCUT2D eigenvalue weighted by molar-refractivity contribution is 6.21. The molecule has 2 aliphatic heterocycles. The summed E-state index contributed by atoms with van der Waals surface area (Å²) in [5, 5.41) is 29.5. The molecule has 2 heterocycles. The molecule has 194 valence electrons. The second kappa shape index (κ2) is 10.1. The Bertz CT molecular complexity index is 1240. The van der Waals surface area contributed by atoms with Crippen molar-refractivity contribution in [2.75, 3.05) is 13.1 Å². The van der Waals surface area contributed by atoms with E-state index in [1.54, 1.807) is 41.3 Å². The maximum absolute atomic E-state index is 13.9. The third-order valence-electron chi connectivity index (χ3n) is 8.08. The van der Waals surface area contributed by atoms with Gasteiger partial charge in [-0.15, -0.1) is 0 Å². The number of carboxylic acids is 1. The van der Waals surface area contributed by atoms with E-state index in [-0.39, 0.29) is 25.7 Å². The van der Waals surface area contributed by atoms with Crippen LogP contribution in [0, 0.1) is 11.8 Å². The third kappa shape index (κ3) is 4.32. The van der Waals surface area contributed by atoms with Crippen LogP contribution in [0.4, 0.5) is 0 Å². The van der Waals surface area contributed by atoms with Crippen molar-refractivity contribution in [3.8, 4) is 0 Å². The van der Waals surface area contributed by atoms with E-state index in [9.17, 15) is 34.5 Å². The van der Waals surface area contributed by atoms with Gasteiger partial charge in [0.25, 0.3) is 11.8 Å². The first-order chi connectivity index (χ1) is 17.8. The molecule has 0 saturated heterocycles. The number of benzene rings is 2. The van der Waals surface area contributed by atoms with Crippen LogP contribution >= 0.6 is 0 Å². The van der Waals surface area contributed by atoms with Crippen LogP contribution in [0.2, 0.25) is 0 Å². The van der Waals surface area contributed by atoms with Crippen LogP contribution in [0.3, 0.4) is 0 Å². The molecule has 0 spiro atoms. The Morgan fingerprint density at radius 2 is 1.49 bits per heavy atom. The van der Waals surface area contributed by atoms with Gasteiger partial charge in [0.05, 0.1) is 48.8 Å². The number of hydrogen-bond acceptors (Lipinski definition) is 6. The van der Waals surface area contributed by atoms with Crippen molar-refractivity contribution in [3.63, 3.8) is 0 Å². The molecular weight excluding hydrogens is 476 g/mol. The number of carbonyl (C=O) groups is 4. The largest absolute Gasteiger partial charge is 0.481 e. The number of nitrogens with zero attached hydrogens (tertiary/aromatic N) is 2. The minimum atomic E-state index is -0.984. The summed E-state index contributed by atoms with van der Waals surface area (Å²) in [7, 11) is 0. The molecule has 3 atom stereocenters. The van der Waals surface area contributed by atoms with Crippen molar-refractivity contribution >= 4 is 23.7 Å². The summed E-state index contributed by atoms with van der Waals surface area (Å²) in [6.07, 6.45) is 2.91. The molecule has 2 aromatic carbocycles. The molecule has 3 aliphatic rings. The summed E-state index contributed by atoms with van der Waals surface area (Å²) >= 11 is 0. The Labute approximate surface area is 214 Å². The summed E-state index contributed by atoms with van der Waals surface area (Å²) in [5.74, 6) is -3.58. The summed E-state index contributed by atoms with van der Waals surface area (Å²) < 4.78 is 0. The Kier molecular flexibility index (Phi) is 6.83. The number of amides is 3. The van der Waals surface area contributed by atoms with Crippen molar-refractivity contribution in [3.05, 3.63) is 69.8 Å². The van der Waals surface area contributed by atoms with E-state index in [0.717, 1.165) is 23.3 Å². The lowest BCUT2D eigenvalue weighted by Gasteiger charge is -2.42. The van der Waals surface area contributed by atoms with Crippen molar-refractivity contribution in [2.24, 2.45) is 11.8 Å². The average Bonchev–Trinajstić information content (AvgIpc) is 3.16. The number of aliphatic hydroxyl groups is 2. The lowest BCUT2D eigenvalue weighted by Crippen LogP contribution is -2.50. The van der Waals surface area contributed by atoms with Gasteiger partial charge in [0.2, 0.25) is 5.91 Å². The van der Waals surface area contributed by atoms with E-state index in [2.05, 4.69) is 0 Å². The number of aliphatic hydroxyl groups excluding tert-OH is 2. The smallest absolute Gasteiger partial charge is 0.307 e. The molecule has 0 unspecified atom stereocenters. The topological polar surface area (TPSA) is 135 Å². The first kappa shape index (κ1) is 25.1. The molecular formula is C28H30N2O7. The molecule has 1 saturated carbocycles. The molecule has 0 aromatic heterocycles. The number of imide groups is 1. The van der Waals surface area contributed by atoms with Crippen molar-refractivity contribution in [1.29, 1.82) is 0 Å². The molecule has 1 aliphatic carbocycles. The quantitative estimate of drug-likeness (QED) is 0.512. The molecule has 9 heteroatoms. The Hall–Kier alpha value is -3.56. The normalized spacial score (nSPS) is 23.1. The monoisotopic (exact) mass is 506 g/mol. The molecule has 0 radical (unpaired) electrons. The average molecular weight is 507 g/mol. The molecule has 37 heavy (non-hydrogen) atoms. The zero-order valence-corrected chi connectivity index (χ0v) is 20.4. The maximum Gasteiger partial charge on any atom is 0.307 e. The van der Waals surface area contributed by atoms with E-state index in [1.165, 1.54) is 0 Å². The van der Waals surface area contributed by atoms with Crippen molar-refractivity contribution in [2.45, 2.75) is 51.4 Å². The van der Waals surface area contributed by atoms with Crippen LogP contribution in [-0.2, 0) is 29.2 Å². The maximum atomic E-state index is 13.9. The van der Waals surface area contributed by atoms with Crippen LogP contribution in [0.15, 0.2) is 36.4 Å². The molecule has 2 aromatic rings. The fourth-order valence-electron chi connectivity index (χ4n) is 6.12. The molecule has 5 rings (SSSR count). The van der Waals surface area contributed by atoms with Crippen molar-refractivity contribution < 1.29 is 34.5 Å². The predicted octanol–water partition coefficient (Wildman–Crippen LogP) is 2.28. The summed E-state index contributed by atoms with van der Waals surface area (Å²) in [4.78, 5) is 55.0. The van der Waals surface area contributed by atoms with E-state index < -0.39 is 35.7 Å². The van der Waals surface area contributed by atoms with Crippen LogP contribution < -0.4 is 0 Å². The molecule has 9 nitrogen and oxygen atoms in total. The van der Waals surface area contributed by atoms with E-state index >= 15 is 0 Å². The van der Waals surface area contributed by atoms with Crippen LogP contribution in [0.5, 0.6) is 0 Å². The zero-order valence-electron chi connectivity index (χ0n) is 20.4. The van der Waals surface area contributed by atoms with Gasteiger partial charge in [-0.1, -0.05) is 37.1 Å². The van der Waals surface area contributed by atoms with Gasteiger partial charge in [0.1, 0.15) is 0 Å². The second-order valence-electron chi connectivity index (χ2n) is 10.0. The van der Waals surface area contributed by atoms with E-state index in [4.69, 9.17) is 0 Å². The van der Waals surface area contributed by atoms with Gasteiger partial charge < -0.3 is 20.2 Å². The predicted molar refractivity (Wildman–Crippen MR) is 131 cm³/mol. The highest BCUT2D eigenvalue weighted by Gasteiger charge is 2.44. The van der Waals surface area contributed by atoms with Gasteiger partial charge in [0, 0.05) is 6.54 Å². The zero-order chi connectivity index (χ0) is 26.3. The Morgan fingerprint density at radius 3 is 2.08 bits per heavy atom. The number of aliphatic carboxylic acids is 1. The van der Waals surface area contributed by atoms with Crippen LogP contribution in [0.25, 0.3) is 0 Å².